The normalized spacial score (nSPS) is 10.6. The molecule has 3 N–H and O–H groups in total. The Balaban J connectivity index is 1.62. The molecule has 0 saturated heterocycles. The van der Waals surface area contributed by atoms with Gasteiger partial charge in [-0.2, -0.15) is 0 Å². The lowest BCUT2D eigenvalue weighted by molar-refractivity contribution is -0.113. The molecule has 7 nitrogen and oxygen atoms in total. The van der Waals surface area contributed by atoms with Gasteiger partial charge in [-0.25, -0.2) is 9.07 Å². The summed E-state index contributed by atoms with van der Waals surface area (Å²) in [6.45, 7) is 2.50. The summed E-state index contributed by atoms with van der Waals surface area (Å²) in [5, 5.41) is 11.1. The molecule has 0 spiro atoms. The molecule has 27 heavy (non-hydrogen) atoms. The maximum Gasteiger partial charge on any atom is 0.234 e. The number of benzene rings is 2. The zero-order valence-electron chi connectivity index (χ0n) is 14.6. The first-order valence-corrected chi connectivity index (χ1v) is 9.17. The van der Waals surface area contributed by atoms with Gasteiger partial charge in [-0.05, 0) is 49.4 Å². The highest BCUT2D eigenvalue weighted by Gasteiger charge is 2.14. The Morgan fingerprint density at radius 1 is 1.26 bits per heavy atom. The van der Waals surface area contributed by atoms with Crippen LogP contribution in [0.5, 0.6) is 5.75 Å². The van der Waals surface area contributed by atoms with E-state index in [1.165, 1.54) is 22.9 Å². The van der Waals surface area contributed by atoms with Gasteiger partial charge in [0.1, 0.15) is 11.6 Å². The predicted molar refractivity (Wildman–Crippen MR) is 103 cm³/mol. The first-order valence-electron chi connectivity index (χ1n) is 8.18. The number of nitrogen functional groups attached to an aromatic ring is 1. The van der Waals surface area contributed by atoms with Crippen molar-refractivity contribution in [1.82, 2.24) is 14.9 Å². The average Bonchev–Trinajstić information content (AvgIpc) is 3.02. The van der Waals surface area contributed by atoms with E-state index < -0.39 is 5.82 Å². The van der Waals surface area contributed by atoms with Crippen molar-refractivity contribution in [3.63, 3.8) is 0 Å². The molecule has 0 aliphatic heterocycles. The van der Waals surface area contributed by atoms with Gasteiger partial charge in [0.2, 0.25) is 11.1 Å². The molecule has 0 aliphatic carbocycles. The predicted octanol–water partition coefficient (Wildman–Crippen LogP) is 2.93. The van der Waals surface area contributed by atoms with Crippen molar-refractivity contribution in [2.75, 3.05) is 23.5 Å². The molecular weight excluding hydrogens is 369 g/mol. The van der Waals surface area contributed by atoms with Crippen molar-refractivity contribution in [1.29, 1.82) is 0 Å². The third-order valence-corrected chi connectivity index (χ3v) is 4.47. The van der Waals surface area contributed by atoms with Gasteiger partial charge in [0.15, 0.2) is 5.82 Å². The standard InChI is InChI=1S/C18H18FN5O2S/c1-2-26-15-8-6-12(7-9-15)17-22-23-18(24(17)20)27-11-16(25)21-14-5-3-4-13(19)10-14/h3-10H,2,11,20H2,1H3,(H,21,25). The van der Waals surface area contributed by atoms with E-state index in [4.69, 9.17) is 10.6 Å². The zero-order valence-corrected chi connectivity index (χ0v) is 15.4. The summed E-state index contributed by atoms with van der Waals surface area (Å²) in [7, 11) is 0. The minimum Gasteiger partial charge on any atom is -0.494 e. The number of halogens is 1. The van der Waals surface area contributed by atoms with Crippen molar-refractivity contribution < 1.29 is 13.9 Å². The van der Waals surface area contributed by atoms with Gasteiger partial charge in [0.25, 0.3) is 0 Å². The SMILES string of the molecule is CCOc1ccc(-c2nnc(SCC(=O)Nc3cccc(F)c3)n2N)cc1. The summed E-state index contributed by atoms with van der Waals surface area (Å²) in [5.41, 5.74) is 1.18. The fourth-order valence-corrected chi connectivity index (χ4v) is 2.99. The molecule has 3 rings (SSSR count). The fourth-order valence-electron chi connectivity index (χ4n) is 2.33. The van der Waals surface area contributed by atoms with Crippen LogP contribution in [0.15, 0.2) is 53.7 Å². The summed E-state index contributed by atoms with van der Waals surface area (Å²) in [5.74, 6) is 6.64. The third kappa shape index (κ3) is 4.76. The molecule has 0 aliphatic rings. The van der Waals surface area contributed by atoms with E-state index in [9.17, 15) is 9.18 Å². The van der Waals surface area contributed by atoms with Crippen molar-refractivity contribution in [3.8, 4) is 17.1 Å². The van der Waals surface area contributed by atoms with Crippen molar-refractivity contribution in [2.45, 2.75) is 12.1 Å². The van der Waals surface area contributed by atoms with Crippen LogP contribution in [0.4, 0.5) is 10.1 Å². The number of ether oxygens (including phenoxy) is 1. The van der Waals surface area contributed by atoms with E-state index in [-0.39, 0.29) is 11.7 Å². The van der Waals surface area contributed by atoms with Crippen LogP contribution in [0.2, 0.25) is 0 Å². The molecule has 2 aromatic carbocycles. The van der Waals surface area contributed by atoms with Crippen LogP contribution in [-0.2, 0) is 4.79 Å². The van der Waals surface area contributed by atoms with Gasteiger partial charge >= 0.3 is 0 Å². The van der Waals surface area contributed by atoms with Crippen LogP contribution >= 0.6 is 11.8 Å². The van der Waals surface area contributed by atoms with E-state index in [1.54, 1.807) is 6.07 Å². The number of carbonyl (C=O) groups is 1. The van der Waals surface area contributed by atoms with E-state index in [2.05, 4.69) is 15.5 Å². The van der Waals surface area contributed by atoms with Gasteiger partial charge in [-0.1, -0.05) is 17.8 Å². The highest BCUT2D eigenvalue weighted by molar-refractivity contribution is 7.99. The molecule has 140 valence electrons. The molecule has 0 fully saturated rings. The Labute approximate surface area is 159 Å². The molecule has 0 saturated carbocycles. The summed E-state index contributed by atoms with van der Waals surface area (Å²) in [6, 6.07) is 13.0. The number of hydrogen-bond donors (Lipinski definition) is 2. The maximum atomic E-state index is 13.2. The lowest BCUT2D eigenvalue weighted by Crippen LogP contribution is -2.16. The van der Waals surface area contributed by atoms with Gasteiger partial charge < -0.3 is 15.9 Å². The molecular formula is C18H18FN5O2S. The van der Waals surface area contributed by atoms with Gasteiger partial charge in [0, 0.05) is 11.3 Å². The number of nitrogens with one attached hydrogen (secondary N) is 1. The second-order valence-electron chi connectivity index (χ2n) is 5.48. The second kappa shape index (κ2) is 8.54. The second-order valence-corrected chi connectivity index (χ2v) is 6.42. The highest BCUT2D eigenvalue weighted by atomic mass is 32.2. The van der Waals surface area contributed by atoms with Crippen LogP contribution in [0.25, 0.3) is 11.4 Å². The largest absolute Gasteiger partial charge is 0.494 e. The topological polar surface area (TPSA) is 95.1 Å². The number of thioether (sulfide) groups is 1. The number of rotatable bonds is 7. The van der Waals surface area contributed by atoms with Crippen LogP contribution in [0.3, 0.4) is 0 Å². The summed E-state index contributed by atoms with van der Waals surface area (Å²) in [4.78, 5) is 12.0. The number of carbonyl (C=O) groups excluding carboxylic acids is 1. The molecule has 3 aromatic rings. The number of anilines is 1. The molecule has 1 aromatic heterocycles. The highest BCUT2D eigenvalue weighted by Crippen LogP contribution is 2.23. The van der Waals surface area contributed by atoms with E-state index in [1.807, 2.05) is 31.2 Å². The maximum absolute atomic E-state index is 13.2. The summed E-state index contributed by atoms with van der Waals surface area (Å²) >= 11 is 1.14. The Morgan fingerprint density at radius 3 is 2.74 bits per heavy atom. The Hall–Kier alpha value is -3.07. The summed E-state index contributed by atoms with van der Waals surface area (Å²) in [6.07, 6.45) is 0. The van der Waals surface area contributed by atoms with Crippen LogP contribution in [0, 0.1) is 5.82 Å². The quantitative estimate of drug-likeness (QED) is 0.478. The Kier molecular flexibility index (Phi) is 5.92. The first-order chi connectivity index (χ1) is 13.1. The minimum absolute atomic E-state index is 0.0646. The van der Waals surface area contributed by atoms with Crippen molar-refractivity contribution in [3.05, 3.63) is 54.3 Å². The summed E-state index contributed by atoms with van der Waals surface area (Å²) < 4.78 is 19.9. The Bertz CT molecular complexity index is 930. The van der Waals surface area contributed by atoms with Gasteiger partial charge in [-0.15, -0.1) is 10.2 Å². The molecule has 0 unspecified atom stereocenters. The fraction of sp³-hybridized carbons (Fsp3) is 0.167. The van der Waals surface area contributed by atoms with E-state index in [0.29, 0.717) is 23.3 Å². The van der Waals surface area contributed by atoms with E-state index in [0.717, 1.165) is 23.1 Å². The smallest absolute Gasteiger partial charge is 0.234 e. The number of hydrogen-bond acceptors (Lipinski definition) is 6. The monoisotopic (exact) mass is 387 g/mol. The van der Waals surface area contributed by atoms with Gasteiger partial charge in [-0.3, -0.25) is 4.79 Å². The molecule has 0 bridgehead atoms. The number of aromatic nitrogens is 3. The first kappa shape index (κ1) is 18.7. The number of nitrogens with two attached hydrogens (primary N) is 1. The minimum atomic E-state index is -0.415. The average molecular weight is 387 g/mol. The van der Waals surface area contributed by atoms with Crippen LogP contribution in [-0.4, -0.2) is 33.1 Å². The Morgan fingerprint density at radius 2 is 2.04 bits per heavy atom. The van der Waals surface area contributed by atoms with Gasteiger partial charge in [0.05, 0.1) is 12.4 Å². The molecule has 1 heterocycles. The number of nitrogens with zero attached hydrogens (tertiary/aromatic N) is 3. The molecule has 1 amide bonds. The van der Waals surface area contributed by atoms with E-state index >= 15 is 0 Å². The lowest BCUT2D eigenvalue weighted by Gasteiger charge is -2.06. The zero-order chi connectivity index (χ0) is 19.2. The van der Waals surface area contributed by atoms with Crippen LogP contribution < -0.4 is 15.9 Å². The molecule has 9 heteroatoms. The number of amides is 1. The molecule has 0 radical (unpaired) electrons. The molecule has 0 atom stereocenters. The third-order valence-electron chi connectivity index (χ3n) is 3.53. The lowest BCUT2D eigenvalue weighted by atomic mass is 10.2. The van der Waals surface area contributed by atoms with Crippen LogP contribution in [0.1, 0.15) is 6.92 Å². The van der Waals surface area contributed by atoms with Crippen molar-refractivity contribution in [2.24, 2.45) is 0 Å². The van der Waals surface area contributed by atoms with Crippen molar-refractivity contribution >= 4 is 23.4 Å².